The van der Waals surface area contributed by atoms with E-state index in [-0.39, 0.29) is 17.2 Å². The zero-order chi connectivity index (χ0) is 22.5. The molecule has 1 fully saturated rings. The first-order chi connectivity index (χ1) is 14.1. The van der Waals surface area contributed by atoms with Crippen LogP contribution in [0, 0.1) is 33.3 Å². The van der Waals surface area contributed by atoms with Gasteiger partial charge in [0.1, 0.15) is 11.2 Å². The average molecular weight is 416 g/mol. The van der Waals surface area contributed by atoms with E-state index in [2.05, 4.69) is 12.2 Å². The Morgan fingerprint density at radius 1 is 1.47 bits per heavy atom. The summed E-state index contributed by atoms with van der Waals surface area (Å²) < 4.78 is 5.00. The van der Waals surface area contributed by atoms with E-state index in [0.717, 1.165) is 25.9 Å². The van der Waals surface area contributed by atoms with Crippen LogP contribution in [-0.2, 0) is 9.53 Å². The standard InChI is InChI=1S/C21H28N4O5/c1-14(2)21(4,13-22)23-19(26)12-30-20(27)16-7-8-17(18(10-16)25(28)29)24-9-5-6-15(3)11-24/h7-8,10,14-15H,5-6,9,11-12H2,1-4H3,(H,23,26)/t15-,21-/m0/s1. The SMILES string of the molecule is CC(C)[C@](C)(C#N)NC(=O)COC(=O)c1ccc(N2CCC[C@H](C)C2)c([N+](=O)[O-])c1. The fraction of sp³-hybridized carbons (Fsp3) is 0.571. The number of benzene rings is 1. The summed E-state index contributed by atoms with van der Waals surface area (Å²) in [6, 6.07) is 6.24. The molecule has 1 N–H and O–H groups in total. The first-order valence-electron chi connectivity index (χ1n) is 10.00. The Bertz CT molecular complexity index is 863. The highest BCUT2D eigenvalue weighted by molar-refractivity contribution is 5.93. The van der Waals surface area contributed by atoms with E-state index in [0.29, 0.717) is 11.6 Å². The number of hydrogen-bond donors (Lipinski definition) is 1. The van der Waals surface area contributed by atoms with E-state index < -0.39 is 28.9 Å². The molecule has 1 aliphatic rings. The molecule has 0 radical (unpaired) electrons. The van der Waals surface area contributed by atoms with E-state index in [1.54, 1.807) is 26.8 Å². The van der Waals surface area contributed by atoms with Gasteiger partial charge in [-0.25, -0.2) is 4.79 Å². The minimum Gasteiger partial charge on any atom is -0.452 e. The fourth-order valence-electron chi connectivity index (χ4n) is 3.31. The maximum absolute atomic E-state index is 12.3. The van der Waals surface area contributed by atoms with Crippen molar-refractivity contribution in [3.8, 4) is 6.07 Å². The lowest BCUT2D eigenvalue weighted by molar-refractivity contribution is -0.384. The van der Waals surface area contributed by atoms with Gasteiger partial charge in [-0.15, -0.1) is 0 Å². The number of nitriles is 1. The van der Waals surface area contributed by atoms with Gasteiger partial charge in [-0.05, 0) is 43.7 Å². The van der Waals surface area contributed by atoms with Crippen LogP contribution in [0.15, 0.2) is 18.2 Å². The average Bonchev–Trinajstić information content (AvgIpc) is 2.71. The lowest BCUT2D eigenvalue weighted by atomic mass is 9.90. The third-order valence-electron chi connectivity index (χ3n) is 5.53. The van der Waals surface area contributed by atoms with Crippen LogP contribution in [0.4, 0.5) is 11.4 Å². The van der Waals surface area contributed by atoms with E-state index in [4.69, 9.17) is 4.74 Å². The van der Waals surface area contributed by atoms with Crippen molar-refractivity contribution in [2.24, 2.45) is 11.8 Å². The molecule has 30 heavy (non-hydrogen) atoms. The first-order valence-corrected chi connectivity index (χ1v) is 10.00. The van der Waals surface area contributed by atoms with Crippen LogP contribution in [-0.4, -0.2) is 42.0 Å². The van der Waals surface area contributed by atoms with Gasteiger partial charge in [-0.2, -0.15) is 5.26 Å². The third-order valence-corrected chi connectivity index (χ3v) is 5.53. The first kappa shape index (κ1) is 23.1. The van der Waals surface area contributed by atoms with Crippen LogP contribution in [0.3, 0.4) is 0 Å². The summed E-state index contributed by atoms with van der Waals surface area (Å²) in [6.45, 7) is 8.13. The van der Waals surface area contributed by atoms with Gasteiger partial charge in [0, 0.05) is 19.2 Å². The number of amides is 1. The Balaban J connectivity index is 2.09. The molecule has 2 rings (SSSR count). The summed E-state index contributed by atoms with van der Waals surface area (Å²) in [6.07, 6.45) is 2.04. The van der Waals surface area contributed by atoms with Crippen molar-refractivity contribution in [3.63, 3.8) is 0 Å². The highest BCUT2D eigenvalue weighted by Gasteiger charge is 2.30. The molecular weight excluding hydrogens is 388 g/mol. The number of hydrogen-bond acceptors (Lipinski definition) is 7. The summed E-state index contributed by atoms with van der Waals surface area (Å²) in [7, 11) is 0. The molecule has 1 aliphatic heterocycles. The number of ether oxygens (including phenoxy) is 1. The molecule has 0 bridgehead atoms. The zero-order valence-electron chi connectivity index (χ0n) is 17.8. The van der Waals surface area contributed by atoms with Crippen LogP contribution in [0.5, 0.6) is 0 Å². The van der Waals surface area contributed by atoms with E-state index in [9.17, 15) is 25.0 Å². The van der Waals surface area contributed by atoms with Crippen molar-refractivity contribution in [1.82, 2.24) is 5.32 Å². The minimum atomic E-state index is -1.09. The molecule has 1 aromatic carbocycles. The number of carbonyl (C=O) groups excluding carboxylic acids is 2. The number of nitrogens with zero attached hydrogens (tertiary/aromatic N) is 3. The van der Waals surface area contributed by atoms with Crippen LogP contribution in [0.1, 0.15) is 50.9 Å². The third kappa shape index (κ3) is 5.47. The minimum absolute atomic E-state index is 0.00443. The number of nitro groups is 1. The molecule has 0 aromatic heterocycles. The molecule has 1 saturated heterocycles. The Labute approximate surface area is 176 Å². The number of esters is 1. The second-order valence-electron chi connectivity index (χ2n) is 8.25. The molecule has 1 heterocycles. The van der Waals surface area contributed by atoms with Crippen molar-refractivity contribution in [2.45, 2.75) is 46.1 Å². The largest absolute Gasteiger partial charge is 0.452 e. The van der Waals surface area contributed by atoms with Crippen LogP contribution in [0.25, 0.3) is 0 Å². The van der Waals surface area contributed by atoms with Crippen LogP contribution >= 0.6 is 0 Å². The smallest absolute Gasteiger partial charge is 0.338 e. The van der Waals surface area contributed by atoms with Crippen molar-refractivity contribution < 1.29 is 19.2 Å². The van der Waals surface area contributed by atoms with E-state index >= 15 is 0 Å². The van der Waals surface area contributed by atoms with E-state index in [1.807, 2.05) is 11.0 Å². The topological polar surface area (TPSA) is 126 Å². The second-order valence-corrected chi connectivity index (χ2v) is 8.25. The van der Waals surface area contributed by atoms with Gasteiger partial charge in [0.15, 0.2) is 6.61 Å². The molecule has 0 spiro atoms. The van der Waals surface area contributed by atoms with Gasteiger partial charge >= 0.3 is 5.97 Å². The lowest BCUT2D eigenvalue weighted by Crippen LogP contribution is -2.50. The van der Waals surface area contributed by atoms with Gasteiger partial charge in [0.2, 0.25) is 0 Å². The summed E-state index contributed by atoms with van der Waals surface area (Å²) in [4.78, 5) is 37.4. The Morgan fingerprint density at radius 3 is 2.73 bits per heavy atom. The van der Waals surface area contributed by atoms with E-state index in [1.165, 1.54) is 12.1 Å². The van der Waals surface area contributed by atoms with Gasteiger partial charge in [-0.3, -0.25) is 14.9 Å². The number of anilines is 1. The van der Waals surface area contributed by atoms with Crippen molar-refractivity contribution in [1.29, 1.82) is 5.26 Å². The molecule has 9 heteroatoms. The number of rotatable bonds is 7. The lowest BCUT2D eigenvalue weighted by Gasteiger charge is -2.32. The Hall–Kier alpha value is -3.15. The summed E-state index contributed by atoms with van der Waals surface area (Å²) in [5.74, 6) is -1.16. The summed E-state index contributed by atoms with van der Waals surface area (Å²) >= 11 is 0. The van der Waals surface area contributed by atoms with Crippen LogP contribution < -0.4 is 10.2 Å². The summed E-state index contributed by atoms with van der Waals surface area (Å²) in [5, 5.41) is 23.4. The predicted molar refractivity (Wildman–Crippen MR) is 111 cm³/mol. The summed E-state index contributed by atoms with van der Waals surface area (Å²) in [5.41, 5.74) is -0.784. The zero-order valence-corrected chi connectivity index (χ0v) is 17.8. The second kappa shape index (κ2) is 9.57. The van der Waals surface area contributed by atoms with Crippen LogP contribution in [0.2, 0.25) is 0 Å². The molecule has 2 atom stereocenters. The van der Waals surface area contributed by atoms with Crippen molar-refractivity contribution in [3.05, 3.63) is 33.9 Å². The highest BCUT2D eigenvalue weighted by atomic mass is 16.6. The van der Waals surface area contributed by atoms with Gasteiger partial charge in [-0.1, -0.05) is 20.8 Å². The van der Waals surface area contributed by atoms with Crippen molar-refractivity contribution in [2.75, 3.05) is 24.6 Å². The molecule has 162 valence electrons. The molecule has 1 amide bonds. The number of piperidine rings is 1. The Kier molecular flexibility index (Phi) is 7.38. The maximum atomic E-state index is 12.3. The highest BCUT2D eigenvalue weighted by Crippen LogP contribution is 2.32. The van der Waals surface area contributed by atoms with Gasteiger partial charge in [0.05, 0.1) is 16.6 Å². The predicted octanol–water partition coefficient (Wildman–Crippen LogP) is 3.04. The monoisotopic (exact) mass is 416 g/mol. The molecular formula is C21H28N4O5. The number of nitrogens with one attached hydrogen (secondary N) is 1. The van der Waals surface area contributed by atoms with Crippen molar-refractivity contribution >= 4 is 23.3 Å². The molecule has 0 unspecified atom stereocenters. The molecule has 0 aliphatic carbocycles. The number of carbonyl (C=O) groups is 2. The number of nitro benzene ring substituents is 1. The Morgan fingerprint density at radius 2 is 2.17 bits per heavy atom. The maximum Gasteiger partial charge on any atom is 0.338 e. The normalized spacial score (nSPS) is 18.3. The molecule has 0 saturated carbocycles. The molecule has 9 nitrogen and oxygen atoms in total. The fourth-order valence-corrected chi connectivity index (χ4v) is 3.31. The van der Waals surface area contributed by atoms with Gasteiger partial charge in [0.25, 0.3) is 11.6 Å². The quantitative estimate of drug-likeness (QED) is 0.411. The van der Waals surface area contributed by atoms with Gasteiger partial charge < -0.3 is 15.0 Å². The molecule has 1 aromatic rings.